The first-order valence-corrected chi connectivity index (χ1v) is 8.67. The third-order valence-electron chi connectivity index (χ3n) is 4.39. The van der Waals surface area contributed by atoms with Gasteiger partial charge in [0.25, 0.3) is 0 Å². The van der Waals surface area contributed by atoms with E-state index >= 15 is 0 Å². The summed E-state index contributed by atoms with van der Waals surface area (Å²) in [5, 5.41) is 0. The molecule has 0 amide bonds. The van der Waals surface area contributed by atoms with Crippen molar-refractivity contribution < 1.29 is 13.2 Å². The highest BCUT2D eigenvalue weighted by Gasteiger charge is 2.29. The fraction of sp³-hybridized carbons (Fsp3) is 0.647. The van der Waals surface area contributed by atoms with E-state index in [1.165, 1.54) is 50.7 Å². The molecule has 1 aliphatic carbocycles. The van der Waals surface area contributed by atoms with E-state index in [4.69, 9.17) is 0 Å². The van der Waals surface area contributed by atoms with Crippen LogP contribution in [-0.2, 0) is 12.6 Å². The van der Waals surface area contributed by atoms with Crippen LogP contribution in [0.4, 0.5) is 13.2 Å². The van der Waals surface area contributed by atoms with Crippen LogP contribution in [0.3, 0.4) is 0 Å². The lowest BCUT2D eigenvalue weighted by molar-refractivity contribution is -0.137. The Morgan fingerprint density at radius 3 is 2.14 bits per heavy atom. The highest BCUT2D eigenvalue weighted by Crippen LogP contribution is 2.32. The van der Waals surface area contributed by atoms with E-state index in [0.29, 0.717) is 4.83 Å². The SMILES string of the molecule is FC(F)(F)c1ccc(CCCCC2CCC(Br)CC2)cc1. The Morgan fingerprint density at radius 1 is 0.952 bits per heavy atom. The molecule has 21 heavy (non-hydrogen) atoms. The van der Waals surface area contributed by atoms with Crippen molar-refractivity contribution in [1.29, 1.82) is 0 Å². The van der Waals surface area contributed by atoms with Crippen molar-refractivity contribution in [1.82, 2.24) is 0 Å². The maximum absolute atomic E-state index is 12.5. The van der Waals surface area contributed by atoms with Gasteiger partial charge in [0, 0.05) is 4.83 Å². The largest absolute Gasteiger partial charge is 0.416 e. The van der Waals surface area contributed by atoms with E-state index in [-0.39, 0.29) is 0 Å². The highest BCUT2D eigenvalue weighted by molar-refractivity contribution is 9.09. The van der Waals surface area contributed by atoms with Crippen molar-refractivity contribution in [2.24, 2.45) is 5.92 Å². The second-order valence-electron chi connectivity index (χ2n) is 6.06. The molecule has 1 saturated carbocycles. The average molecular weight is 363 g/mol. The number of alkyl halides is 4. The van der Waals surface area contributed by atoms with Crippen molar-refractivity contribution in [3.63, 3.8) is 0 Å². The summed E-state index contributed by atoms with van der Waals surface area (Å²) < 4.78 is 37.4. The lowest BCUT2D eigenvalue weighted by atomic mass is 9.85. The molecule has 1 aromatic rings. The Labute approximate surface area is 133 Å². The molecule has 0 bridgehead atoms. The van der Waals surface area contributed by atoms with Gasteiger partial charge in [-0.1, -0.05) is 40.9 Å². The zero-order chi connectivity index (χ0) is 15.3. The fourth-order valence-electron chi connectivity index (χ4n) is 3.03. The molecule has 1 aromatic carbocycles. The van der Waals surface area contributed by atoms with Gasteiger partial charge in [-0.15, -0.1) is 0 Å². The van der Waals surface area contributed by atoms with Gasteiger partial charge in [0.15, 0.2) is 0 Å². The molecule has 1 fully saturated rings. The van der Waals surface area contributed by atoms with E-state index < -0.39 is 11.7 Å². The molecule has 0 spiro atoms. The quantitative estimate of drug-likeness (QED) is 0.421. The number of benzene rings is 1. The van der Waals surface area contributed by atoms with Gasteiger partial charge in [0.1, 0.15) is 0 Å². The van der Waals surface area contributed by atoms with Crippen molar-refractivity contribution in [3.05, 3.63) is 35.4 Å². The smallest absolute Gasteiger partial charge is 0.166 e. The Balaban J connectivity index is 1.67. The second-order valence-corrected chi connectivity index (χ2v) is 7.35. The van der Waals surface area contributed by atoms with E-state index in [9.17, 15) is 13.2 Å². The van der Waals surface area contributed by atoms with Crippen molar-refractivity contribution in [3.8, 4) is 0 Å². The van der Waals surface area contributed by atoms with Crippen molar-refractivity contribution >= 4 is 15.9 Å². The Kier molecular flexibility index (Phi) is 6.15. The molecule has 0 saturated heterocycles. The normalized spacial score (nSPS) is 23.2. The number of hydrogen-bond donors (Lipinski definition) is 0. The van der Waals surface area contributed by atoms with E-state index in [1.54, 1.807) is 12.1 Å². The van der Waals surface area contributed by atoms with E-state index in [2.05, 4.69) is 15.9 Å². The standard InChI is InChI=1S/C17H22BrF3/c18-16-11-7-14(8-12-16)4-2-1-3-13-5-9-15(10-6-13)17(19,20)21/h5-6,9-10,14,16H,1-4,7-8,11-12H2. The van der Waals surface area contributed by atoms with Gasteiger partial charge in [0.2, 0.25) is 0 Å². The summed E-state index contributed by atoms with van der Waals surface area (Å²) in [6, 6.07) is 5.59. The molecular weight excluding hydrogens is 341 g/mol. The molecule has 0 atom stereocenters. The van der Waals surface area contributed by atoms with Crippen LogP contribution < -0.4 is 0 Å². The third-order valence-corrected chi connectivity index (χ3v) is 5.30. The van der Waals surface area contributed by atoms with Gasteiger partial charge in [-0.05, 0) is 62.1 Å². The number of aryl methyl sites for hydroxylation is 1. The summed E-state index contributed by atoms with van der Waals surface area (Å²) in [4.78, 5) is 0.709. The Hall–Kier alpha value is -0.510. The van der Waals surface area contributed by atoms with Gasteiger partial charge >= 0.3 is 6.18 Å². The molecule has 0 aromatic heterocycles. The summed E-state index contributed by atoms with van der Waals surface area (Å²) in [7, 11) is 0. The van der Waals surface area contributed by atoms with Crippen LogP contribution in [0.5, 0.6) is 0 Å². The topological polar surface area (TPSA) is 0 Å². The second kappa shape index (κ2) is 7.66. The predicted molar refractivity (Wildman–Crippen MR) is 83.7 cm³/mol. The fourth-order valence-corrected chi connectivity index (χ4v) is 3.56. The number of hydrogen-bond acceptors (Lipinski definition) is 0. The van der Waals surface area contributed by atoms with Gasteiger partial charge in [-0.3, -0.25) is 0 Å². The molecule has 1 aliphatic rings. The van der Waals surface area contributed by atoms with Crippen LogP contribution in [0, 0.1) is 5.92 Å². The van der Waals surface area contributed by atoms with Gasteiger partial charge in [0.05, 0.1) is 5.56 Å². The predicted octanol–water partition coefficient (Wildman–Crippen LogP) is 6.37. The molecule has 0 unspecified atom stereocenters. The zero-order valence-electron chi connectivity index (χ0n) is 12.1. The molecule has 0 nitrogen and oxygen atoms in total. The minimum atomic E-state index is -4.23. The van der Waals surface area contributed by atoms with Gasteiger partial charge < -0.3 is 0 Å². The van der Waals surface area contributed by atoms with Gasteiger partial charge in [-0.25, -0.2) is 0 Å². The van der Waals surface area contributed by atoms with Crippen molar-refractivity contribution in [2.75, 3.05) is 0 Å². The first kappa shape index (κ1) is 16.9. The minimum absolute atomic E-state index is 0.558. The number of unbranched alkanes of at least 4 members (excludes halogenated alkanes) is 1. The monoisotopic (exact) mass is 362 g/mol. The van der Waals surface area contributed by atoms with Crippen LogP contribution in [0.15, 0.2) is 24.3 Å². The minimum Gasteiger partial charge on any atom is -0.166 e. The molecule has 4 heteroatoms. The first-order chi connectivity index (χ1) is 9.95. The van der Waals surface area contributed by atoms with E-state index in [1.807, 2.05) is 0 Å². The van der Waals surface area contributed by atoms with Crippen LogP contribution in [0.25, 0.3) is 0 Å². The molecular formula is C17H22BrF3. The highest BCUT2D eigenvalue weighted by atomic mass is 79.9. The van der Waals surface area contributed by atoms with Crippen LogP contribution in [0.1, 0.15) is 56.1 Å². The Bertz CT molecular complexity index is 417. The zero-order valence-corrected chi connectivity index (χ0v) is 13.7. The molecule has 0 heterocycles. The maximum Gasteiger partial charge on any atom is 0.416 e. The molecule has 0 radical (unpaired) electrons. The first-order valence-electron chi connectivity index (χ1n) is 7.75. The lowest BCUT2D eigenvalue weighted by Gasteiger charge is -2.25. The summed E-state index contributed by atoms with van der Waals surface area (Å²) in [5.74, 6) is 0.853. The summed E-state index contributed by atoms with van der Waals surface area (Å²) in [5.41, 5.74) is 0.449. The summed E-state index contributed by atoms with van der Waals surface area (Å²) in [6.07, 6.45) is 5.36. The molecule has 118 valence electrons. The third kappa shape index (κ3) is 5.65. The molecule has 0 N–H and O–H groups in total. The van der Waals surface area contributed by atoms with Crippen molar-refractivity contribution in [2.45, 2.75) is 62.4 Å². The number of halogens is 4. The Morgan fingerprint density at radius 2 is 1.57 bits per heavy atom. The van der Waals surface area contributed by atoms with Crippen LogP contribution in [-0.4, -0.2) is 4.83 Å². The van der Waals surface area contributed by atoms with E-state index in [0.717, 1.165) is 24.3 Å². The summed E-state index contributed by atoms with van der Waals surface area (Å²) in [6.45, 7) is 0. The van der Waals surface area contributed by atoms with Crippen LogP contribution in [0.2, 0.25) is 0 Å². The lowest BCUT2D eigenvalue weighted by Crippen LogP contribution is -2.13. The van der Waals surface area contributed by atoms with Crippen LogP contribution >= 0.6 is 15.9 Å². The summed E-state index contributed by atoms with van der Waals surface area (Å²) >= 11 is 3.67. The molecule has 0 aliphatic heterocycles. The number of rotatable bonds is 5. The maximum atomic E-state index is 12.5. The van der Waals surface area contributed by atoms with Gasteiger partial charge in [-0.2, -0.15) is 13.2 Å². The molecule has 2 rings (SSSR count). The average Bonchev–Trinajstić information content (AvgIpc) is 2.45.